The van der Waals surface area contributed by atoms with E-state index in [4.69, 9.17) is 5.11 Å². The maximum Gasteiger partial charge on any atom is 0.305 e. The molecular weight excluding hydrogens is 412 g/mol. The van der Waals surface area contributed by atoms with Gasteiger partial charge in [-0.25, -0.2) is 0 Å². The summed E-state index contributed by atoms with van der Waals surface area (Å²) in [5, 5.41) is 11.4. The fraction of sp³-hybridized carbons (Fsp3) is 0.167. The van der Waals surface area contributed by atoms with Crippen LogP contribution in [0.1, 0.15) is 18.4 Å². The lowest BCUT2D eigenvalue weighted by Crippen LogP contribution is -2.33. The molecule has 0 atom stereocenters. The number of thiazole rings is 1. The van der Waals surface area contributed by atoms with E-state index in [9.17, 15) is 4.79 Å². The van der Waals surface area contributed by atoms with Gasteiger partial charge in [-0.3, -0.25) is 4.79 Å². The van der Waals surface area contributed by atoms with Gasteiger partial charge in [0, 0.05) is 23.6 Å². The van der Waals surface area contributed by atoms with Crippen molar-refractivity contribution in [2.45, 2.75) is 24.8 Å². The highest BCUT2D eigenvalue weighted by atomic mass is 32.2. The van der Waals surface area contributed by atoms with E-state index in [1.165, 1.54) is 15.2 Å². The van der Waals surface area contributed by atoms with Gasteiger partial charge in [-0.15, -0.1) is 0 Å². The molecule has 1 aromatic heterocycles. The van der Waals surface area contributed by atoms with Crippen LogP contribution in [0, 0.1) is 0 Å². The molecule has 6 heteroatoms. The first-order valence-electron chi connectivity index (χ1n) is 9.90. The molecule has 0 spiro atoms. The number of aliphatic carboxylic acids is 1. The molecule has 152 valence electrons. The predicted octanol–water partition coefficient (Wildman–Crippen LogP) is 5.71. The number of fused-ring (bicyclic) bond motifs is 2. The lowest BCUT2D eigenvalue weighted by molar-refractivity contribution is -0.665. The molecule has 0 unspecified atom stereocenters. The standard InChI is InChI=1S/C24H22N2O2S2/c1-2-25-18-10-6-8-12-20(18)29-22(25)14-4-3-5-15-23-26(17-16-24(27)28)19-11-7-9-13-21(19)30-23/h3-15H,2,16-17H2,1H3/p+1. The van der Waals surface area contributed by atoms with Crippen LogP contribution in [0.3, 0.4) is 0 Å². The van der Waals surface area contributed by atoms with E-state index in [1.54, 1.807) is 23.1 Å². The number of hydrogen-bond acceptors (Lipinski definition) is 4. The first-order chi connectivity index (χ1) is 14.7. The van der Waals surface area contributed by atoms with Gasteiger partial charge in [-0.05, 0) is 31.2 Å². The Bertz CT molecular complexity index is 1160. The Labute approximate surface area is 184 Å². The number of aryl methyl sites for hydroxylation is 1. The second kappa shape index (κ2) is 9.32. The maximum absolute atomic E-state index is 11.0. The van der Waals surface area contributed by atoms with Crippen LogP contribution in [0.25, 0.3) is 16.3 Å². The van der Waals surface area contributed by atoms with Crippen molar-refractivity contribution in [3.8, 4) is 0 Å². The van der Waals surface area contributed by atoms with Crippen LogP contribution in [0.15, 0.2) is 82.8 Å². The Morgan fingerprint density at radius 2 is 1.90 bits per heavy atom. The zero-order valence-corrected chi connectivity index (χ0v) is 18.3. The van der Waals surface area contributed by atoms with E-state index >= 15 is 0 Å². The molecule has 4 nitrogen and oxygen atoms in total. The molecule has 1 aliphatic rings. The number of thioether (sulfide) groups is 1. The molecule has 2 aromatic carbocycles. The van der Waals surface area contributed by atoms with Crippen LogP contribution in [-0.2, 0) is 11.3 Å². The fourth-order valence-electron chi connectivity index (χ4n) is 3.46. The average molecular weight is 436 g/mol. The fourth-order valence-corrected chi connectivity index (χ4v) is 5.70. The van der Waals surface area contributed by atoms with Crippen molar-refractivity contribution in [3.63, 3.8) is 0 Å². The summed E-state index contributed by atoms with van der Waals surface area (Å²) in [5.41, 5.74) is 2.35. The molecule has 0 radical (unpaired) electrons. The summed E-state index contributed by atoms with van der Waals surface area (Å²) in [6.07, 6.45) is 10.4. The Morgan fingerprint density at radius 1 is 1.10 bits per heavy atom. The second-order valence-electron chi connectivity index (χ2n) is 6.77. The highest BCUT2D eigenvalue weighted by molar-refractivity contribution is 8.03. The van der Waals surface area contributed by atoms with Crippen molar-refractivity contribution in [2.75, 3.05) is 11.4 Å². The third-order valence-corrected chi connectivity index (χ3v) is 7.10. The van der Waals surface area contributed by atoms with Crippen molar-refractivity contribution in [1.82, 2.24) is 0 Å². The van der Waals surface area contributed by atoms with Gasteiger partial charge in [-0.2, -0.15) is 4.57 Å². The third kappa shape index (κ3) is 4.35. The topological polar surface area (TPSA) is 44.4 Å². The van der Waals surface area contributed by atoms with E-state index in [0.717, 1.165) is 22.2 Å². The smallest absolute Gasteiger partial charge is 0.305 e. The van der Waals surface area contributed by atoms with Gasteiger partial charge in [0.05, 0.1) is 17.1 Å². The summed E-state index contributed by atoms with van der Waals surface area (Å²) in [6, 6.07) is 16.6. The lowest BCUT2D eigenvalue weighted by Gasteiger charge is -2.19. The number of aromatic nitrogens is 1. The van der Waals surface area contributed by atoms with Crippen LogP contribution >= 0.6 is 23.1 Å². The van der Waals surface area contributed by atoms with Crippen LogP contribution in [0.2, 0.25) is 0 Å². The van der Waals surface area contributed by atoms with Gasteiger partial charge < -0.3 is 10.0 Å². The molecule has 4 rings (SSSR count). The van der Waals surface area contributed by atoms with E-state index in [0.29, 0.717) is 6.54 Å². The summed E-state index contributed by atoms with van der Waals surface area (Å²) >= 11 is 3.47. The van der Waals surface area contributed by atoms with Crippen molar-refractivity contribution < 1.29 is 14.5 Å². The summed E-state index contributed by atoms with van der Waals surface area (Å²) in [6.45, 7) is 3.56. The second-order valence-corrected chi connectivity index (χ2v) is 8.89. The Kier molecular flexibility index (Phi) is 6.35. The van der Waals surface area contributed by atoms with Crippen molar-refractivity contribution in [1.29, 1.82) is 0 Å². The van der Waals surface area contributed by atoms with Crippen molar-refractivity contribution >= 4 is 51.0 Å². The number of anilines is 1. The molecule has 1 N–H and O–H groups in total. The summed E-state index contributed by atoms with van der Waals surface area (Å²) in [5.74, 6) is -0.783. The van der Waals surface area contributed by atoms with E-state index in [1.807, 2.05) is 30.4 Å². The first-order valence-corrected chi connectivity index (χ1v) is 11.5. The molecule has 0 saturated carbocycles. The minimum absolute atomic E-state index is 0.110. The quantitative estimate of drug-likeness (QED) is 0.382. The zero-order chi connectivity index (χ0) is 20.9. The number of rotatable bonds is 7. The molecule has 0 amide bonds. The normalized spacial score (nSPS) is 15.1. The first kappa shape index (κ1) is 20.4. The molecule has 0 aliphatic carbocycles. The predicted molar refractivity (Wildman–Crippen MR) is 126 cm³/mol. The summed E-state index contributed by atoms with van der Waals surface area (Å²) < 4.78 is 3.61. The highest BCUT2D eigenvalue weighted by Gasteiger charge is 2.24. The molecule has 0 bridgehead atoms. The summed E-state index contributed by atoms with van der Waals surface area (Å²) in [4.78, 5) is 14.3. The largest absolute Gasteiger partial charge is 0.481 e. The number of carboxylic acid groups (broad SMARTS) is 1. The van der Waals surface area contributed by atoms with Crippen LogP contribution in [0.4, 0.5) is 5.69 Å². The Morgan fingerprint density at radius 3 is 2.73 bits per heavy atom. The maximum atomic E-state index is 11.0. The van der Waals surface area contributed by atoms with E-state index in [-0.39, 0.29) is 6.42 Å². The molecule has 0 fully saturated rings. The molecule has 30 heavy (non-hydrogen) atoms. The van der Waals surface area contributed by atoms with Gasteiger partial charge in [0.2, 0.25) is 5.52 Å². The molecule has 1 aliphatic heterocycles. The van der Waals surface area contributed by atoms with Gasteiger partial charge in [-0.1, -0.05) is 65.6 Å². The van der Waals surface area contributed by atoms with Crippen LogP contribution in [-0.4, -0.2) is 17.6 Å². The number of carbonyl (C=O) groups is 1. The Balaban J connectivity index is 1.51. The lowest BCUT2D eigenvalue weighted by atomic mass is 10.2. The number of carboxylic acids is 1. The van der Waals surface area contributed by atoms with Gasteiger partial charge >= 0.3 is 5.97 Å². The minimum atomic E-state index is -0.783. The van der Waals surface area contributed by atoms with Crippen molar-refractivity contribution in [2.24, 2.45) is 0 Å². The third-order valence-electron chi connectivity index (χ3n) is 4.84. The SMILES string of the molecule is CC[n+]1c(C=CC=CC=C2Sc3ccccc3N2CCC(=O)O)sc2ccccc21. The van der Waals surface area contributed by atoms with E-state index < -0.39 is 5.97 Å². The van der Waals surface area contributed by atoms with Gasteiger partial charge in [0.15, 0.2) is 0 Å². The molecule has 2 heterocycles. The average Bonchev–Trinajstić information content (AvgIpc) is 3.29. The van der Waals surface area contributed by atoms with Crippen LogP contribution < -0.4 is 9.47 Å². The number of allylic oxidation sites excluding steroid dienone is 4. The van der Waals surface area contributed by atoms with Crippen molar-refractivity contribution in [3.05, 3.63) is 82.9 Å². The van der Waals surface area contributed by atoms with Crippen LogP contribution in [0.5, 0.6) is 0 Å². The van der Waals surface area contributed by atoms with E-state index in [2.05, 4.69) is 65.0 Å². The molecular formula is C24H23N2O2S2+. The van der Waals surface area contributed by atoms with Gasteiger partial charge in [0.1, 0.15) is 11.2 Å². The highest BCUT2D eigenvalue weighted by Crippen LogP contribution is 2.45. The number of nitrogens with zero attached hydrogens (tertiary/aromatic N) is 2. The number of hydrogen-bond donors (Lipinski definition) is 1. The van der Waals surface area contributed by atoms with Gasteiger partial charge in [0.25, 0.3) is 5.01 Å². The zero-order valence-electron chi connectivity index (χ0n) is 16.7. The number of benzene rings is 2. The molecule has 0 saturated heterocycles. The monoisotopic (exact) mass is 435 g/mol. The minimum Gasteiger partial charge on any atom is -0.481 e. The number of para-hydroxylation sites is 2. The Hall–Kier alpha value is -2.83. The molecule has 3 aromatic rings. The summed E-state index contributed by atoms with van der Waals surface area (Å²) in [7, 11) is 0.